The summed E-state index contributed by atoms with van der Waals surface area (Å²) in [5.41, 5.74) is -0.0235. The van der Waals surface area contributed by atoms with Gasteiger partial charge >= 0.3 is 5.97 Å². The number of nitrogens with zero attached hydrogens (tertiary/aromatic N) is 1. The van der Waals surface area contributed by atoms with E-state index in [4.69, 9.17) is 9.63 Å². The first-order valence-electron chi connectivity index (χ1n) is 6.61. The SMILES string of the molecule is CC(C)[C@@H](NS(=O)(=O)Cc1cc(C(C)(C)C)on1)C(=O)O. The van der Waals surface area contributed by atoms with E-state index in [1.165, 1.54) is 0 Å². The first kappa shape index (κ1) is 17.6. The van der Waals surface area contributed by atoms with Crippen LogP contribution in [0.5, 0.6) is 0 Å². The molecule has 2 N–H and O–H groups in total. The molecule has 1 atom stereocenters. The summed E-state index contributed by atoms with van der Waals surface area (Å²) in [5, 5.41) is 12.7. The molecule has 0 aliphatic heterocycles. The van der Waals surface area contributed by atoms with E-state index in [2.05, 4.69) is 9.88 Å². The topological polar surface area (TPSA) is 110 Å². The highest BCUT2D eigenvalue weighted by atomic mass is 32.2. The van der Waals surface area contributed by atoms with Gasteiger partial charge in [0.1, 0.15) is 23.2 Å². The third kappa shape index (κ3) is 5.13. The van der Waals surface area contributed by atoms with Crippen LogP contribution in [0, 0.1) is 5.92 Å². The molecule has 0 aliphatic carbocycles. The van der Waals surface area contributed by atoms with Gasteiger partial charge in [-0.05, 0) is 5.92 Å². The zero-order valence-electron chi connectivity index (χ0n) is 12.9. The minimum absolute atomic E-state index is 0.250. The highest BCUT2D eigenvalue weighted by Gasteiger charge is 2.28. The first-order chi connectivity index (χ1) is 9.42. The van der Waals surface area contributed by atoms with Gasteiger partial charge in [-0.1, -0.05) is 39.8 Å². The molecule has 0 aromatic carbocycles. The zero-order valence-corrected chi connectivity index (χ0v) is 13.7. The van der Waals surface area contributed by atoms with Gasteiger partial charge in [0.15, 0.2) is 0 Å². The van der Waals surface area contributed by atoms with Gasteiger partial charge in [0.25, 0.3) is 0 Å². The Labute approximate surface area is 124 Å². The molecule has 0 saturated carbocycles. The first-order valence-corrected chi connectivity index (χ1v) is 8.26. The molecule has 0 bridgehead atoms. The van der Waals surface area contributed by atoms with E-state index in [1.54, 1.807) is 19.9 Å². The number of sulfonamides is 1. The van der Waals surface area contributed by atoms with Crippen molar-refractivity contribution in [1.82, 2.24) is 9.88 Å². The summed E-state index contributed by atoms with van der Waals surface area (Å²) in [6.45, 7) is 9.03. The number of carboxylic acid groups (broad SMARTS) is 1. The van der Waals surface area contributed by atoms with Crippen molar-refractivity contribution in [3.05, 3.63) is 17.5 Å². The van der Waals surface area contributed by atoms with Crippen molar-refractivity contribution in [2.75, 3.05) is 0 Å². The van der Waals surface area contributed by atoms with Crippen LogP contribution in [0.3, 0.4) is 0 Å². The largest absolute Gasteiger partial charge is 0.480 e. The van der Waals surface area contributed by atoms with Gasteiger partial charge in [0, 0.05) is 11.5 Å². The number of carboxylic acids is 1. The quantitative estimate of drug-likeness (QED) is 0.822. The van der Waals surface area contributed by atoms with E-state index in [0.29, 0.717) is 5.76 Å². The number of aliphatic carboxylic acids is 1. The monoisotopic (exact) mass is 318 g/mol. The third-order valence-corrected chi connectivity index (χ3v) is 4.16. The second-order valence-electron chi connectivity index (χ2n) is 6.37. The van der Waals surface area contributed by atoms with Crippen molar-refractivity contribution in [3.8, 4) is 0 Å². The minimum atomic E-state index is -3.81. The van der Waals surface area contributed by atoms with Gasteiger partial charge in [0.2, 0.25) is 10.0 Å². The molecule has 0 fully saturated rings. The highest BCUT2D eigenvalue weighted by Crippen LogP contribution is 2.23. The van der Waals surface area contributed by atoms with Gasteiger partial charge in [-0.25, -0.2) is 13.1 Å². The van der Waals surface area contributed by atoms with Crippen LogP contribution in [0.15, 0.2) is 10.6 Å². The summed E-state index contributed by atoms with van der Waals surface area (Å²) in [7, 11) is -3.81. The Balaban J connectivity index is 2.86. The Morgan fingerprint density at radius 2 is 2.00 bits per heavy atom. The lowest BCUT2D eigenvalue weighted by molar-refractivity contribution is -0.140. The summed E-state index contributed by atoms with van der Waals surface area (Å²) in [6, 6.07) is 0.411. The van der Waals surface area contributed by atoms with Gasteiger partial charge in [-0.3, -0.25) is 4.79 Å². The van der Waals surface area contributed by atoms with Crippen LogP contribution in [0.1, 0.15) is 46.1 Å². The zero-order chi connectivity index (χ0) is 16.4. The van der Waals surface area contributed by atoms with E-state index in [9.17, 15) is 13.2 Å². The lowest BCUT2D eigenvalue weighted by atomic mass is 9.93. The maximum atomic E-state index is 12.0. The summed E-state index contributed by atoms with van der Waals surface area (Å²) in [5.74, 6) is -1.40. The van der Waals surface area contributed by atoms with Crippen LogP contribution in [0.25, 0.3) is 0 Å². The molecule has 8 heteroatoms. The standard InChI is InChI=1S/C13H22N2O5S/c1-8(2)11(12(16)17)15-21(18,19)7-9-6-10(20-14-9)13(3,4)5/h6,8,11,15H,7H2,1-5H3,(H,16,17)/t11-/m1/s1. The number of aromatic nitrogens is 1. The van der Waals surface area contributed by atoms with E-state index in [-0.39, 0.29) is 17.0 Å². The fourth-order valence-corrected chi connectivity index (χ4v) is 3.00. The van der Waals surface area contributed by atoms with Crippen molar-refractivity contribution in [2.24, 2.45) is 5.92 Å². The summed E-state index contributed by atoms with van der Waals surface area (Å²) in [6.07, 6.45) is 0. The Morgan fingerprint density at radius 1 is 1.43 bits per heavy atom. The van der Waals surface area contributed by atoms with Crippen LogP contribution in [-0.2, 0) is 26.0 Å². The van der Waals surface area contributed by atoms with Crippen molar-refractivity contribution in [2.45, 2.75) is 51.8 Å². The molecule has 1 aromatic heterocycles. The molecule has 7 nitrogen and oxygen atoms in total. The minimum Gasteiger partial charge on any atom is -0.480 e. The number of rotatable bonds is 6. The molecule has 0 radical (unpaired) electrons. The molecule has 0 aliphatic rings. The van der Waals surface area contributed by atoms with Crippen LogP contribution < -0.4 is 4.72 Å². The molecular formula is C13H22N2O5S. The molecule has 1 heterocycles. The molecule has 0 amide bonds. The second kappa shape index (κ2) is 6.15. The summed E-state index contributed by atoms with van der Waals surface area (Å²) >= 11 is 0. The van der Waals surface area contributed by atoms with Gasteiger partial charge in [0.05, 0.1) is 0 Å². The molecular weight excluding hydrogens is 296 g/mol. The molecule has 120 valence electrons. The van der Waals surface area contributed by atoms with Crippen molar-refractivity contribution >= 4 is 16.0 Å². The third-order valence-electron chi connectivity index (χ3n) is 2.88. The fourth-order valence-electron chi connectivity index (χ4n) is 1.63. The molecule has 1 rings (SSSR count). The van der Waals surface area contributed by atoms with E-state index in [0.717, 1.165) is 0 Å². The lowest BCUT2D eigenvalue weighted by Gasteiger charge is -2.17. The number of carbonyl (C=O) groups is 1. The van der Waals surface area contributed by atoms with Gasteiger partial charge in [-0.15, -0.1) is 0 Å². The molecule has 0 unspecified atom stereocenters. The van der Waals surface area contributed by atoms with Crippen LogP contribution in [-0.4, -0.2) is 30.7 Å². The smallest absolute Gasteiger partial charge is 0.321 e. The van der Waals surface area contributed by atoms with E-state index < -0.39 is 27.8 Å². The predicted molar refractivity (Wildman–Crippen MR) is 77.2 cm³/mol. The number of nitrogens with one attached hydrogen (secondary N) is 1. The van der Waals surface area contributed by atoms with Gasteiger partial charge in [-0.2, -0.15) is 0 Å². The van der Waals surface area contributed by atoms with Crippen molar-refractivity contribution in [3.63, 3.8) is 0 Å². The summed E-state index contributed by atoms with van der Waals surface area (Å²) < 4.78 is 31.3. The lowest BCUT2D eigenvalue weighted by Crippen LogP contribution is -2.44. The normalized spacial score (nSPS) is 14.4. The average molecular weight is 318 g/mol. The molecule has 0 spiro atoms. The maximum Gasteiger partial charge on any atom is 0.321 e. The molecule has 1 aromatic rings. The maximum absolute atomic E-state index is 12.0. The van der Waals surface area contributed by atoms with E-state index in [1.807, 2.05) is 20.8 Å². The number of hydrogen-bond acceptors (Lipinski definition) is 5. The summed E-state index contributed by atoms with van der Waals surface area (Å²) in [4.78, 5) is 11.0. The molecule has 21 heavy (non-hydrogen) atoms. The van der Waals surface area contributed by atoms with Crippen LogP contribution >= 0.6 is 0 Å². The van der Waals surface area contributed by atoms with E-state index >= 15 is 0 Å². The predicted octanol–water partition coefficient (Wildman–Crippen LogP) is 1.50. The van der Waals surface area contributed by atoms with Crippen molar-refractivity contribution in [1.29, 1.82) is 0 Å². The Morgan fingerprint density at radius 3 is 2.38 bits per heavy atom. The average Bonchev–Trinajstić information content (AvgIpc) is 2.72. The van der Waals surface area contributed by atoms with Gasteiger partial charge < -0.3 is 9.63 Å². The van der Waals surface area contributed by atoms with Crippen LogP contribution in [0.2, 0.25) is 0 Å². The van der Waals surface area contributed by atoms with Crippen LogP contribution in [0.4, 0.5) is 0 Å². The number of hydrogen-bond donors (Lipinski definition) is 2. The Hall–Kier alpha value is -1.41. The molecule has 0 saturated heterocycles. The Kier molecular flexibility index (Phi) is 5.16. The fraction of sp³-hybridized carbons (Fsp3) is 0.692. The second-order valence-corrected chi connectivity index (χ2v) is 8.12. The highest BCUT2D eigenvalue weighted by molar-refractivity contribution is 7.88. The van der Waals surface area contributed by atoms with Crippen molar-refractivity contribution < 1.29 is 22.8 Å². The Bertz CT molecular complexity index is 598.